The van der Waals surface area contributed by atoms with Gasteiger partial charge in [0, 0.05) is 5.41 Å². The van der Waals surface area contributed by atoms with Crippen LogP contribution in [0.15, 0.2) is 0 Å². The molecule has 0 aromatic heterocycles. The van der Waals surface area contributed by atoms with Crippen molar-refractivity contribution in [3.8, 4) is 0 Å². The van der Waals surface area contributed by atoms with Crippen molar-refractivity contribution in [2.24, 2.45) is 5.41 Å². The number of carboxylic acids is 1. The Kier molecular flexibility index (Phi) is 2.46. The first-order chi connectivity index (χ1) is 5.12. The van der Waals surface area contributed by atoms with E-state index in [1.165, 1.54) is 0 Å². The predicted molar refractivity (Wildman–Crippen MR) is 37.4 cm³/mol. The summed E-state index contributed by atoms with van der Waals surface area (Å²) < 4.78 is 9.89. The Morgan fingerprint density at radius 3 is 2.73 bits per heavy atom. The molecule has 0 aromatic carbocycles. The van der Waals surface area contributed by atoms with Gasteiger partial charge < -0.3 is 14.6 Å². The van der Waals surface area contributed by atoms with Crippen LogP contribution in [0.2, 0.25) is 0 Å². The van der Waals surface area contributed by atoms with Crippen LogP contribution in [0.25, 0.3) is 0 Å². The van der Waals surface area contributed by atoms with Crippen LogP contribution in [0.4, 0.5) is 0 Å². The van der Waals surface area contributed by atoms with Crippen molar-refractivity contribution in [1.29, 1.82) is 0 Å². The molecule has 0 aliphatic carbocycles. The molecular weight excluding hydrogens is 148 g/mol. The molecule has 64 valence electrons. The molecule has 0 unspecified atom stereocenters. The predicted octanol–water partition coefficient (Wildman–Crippen LogP) is 0.124. The topological polar surface area (TPSA) is 55.8 Å². The van der Waals surface area contributed by atoms with Gasteiger partial charge in [-0.25, -0.2) is 4.79 Å². The first-order valence-corrected chi connectivity index (χ1v) is 3.50. The highest BCUT2D eigenvalue weighted by Crippen LogP contribution is 2.26. The molecule has 1 N–H and O–H groups in total. The second-order valence-corrected chi connectivity index (χ2v) is 3.19. The smallest absolute Gasteiger partial charge is 0.329 e. The minimum atomic E-state index is -0.922. The average molecular weight is 160 g/mol. The molecule has 1 heterocycles. The van der Waals surface area contributed by atoms with Crippen LogP contribution in [0, 0.1) is 5.41 Å². The fraction of sp³-hybridized carbons (Fsp3) is 0.857. The Hall–Kier alpha value is -0.610. The number of carbonyl (C=O) groups is 1. The molecule has 11 heavy (non-hydrogen) atoms. The lowest BCUT2D eigenvalue weighted by molar-refractivity contribution is -0.156. The quantitative estimate of drug-likeness (QED) is 0.634. The minimum Gasteiger partial charge on any atom is -0.480 e. The summed E-state index contributed by atoms with van der Waals surface area (Å²) >= 11 is 0. The van der Waals surface area contributed by atoms with Gasteiger partial charge in [0.2, 0.25) is 0 Å². The Balaban J connectivity index is 2.07. The van der Waals surface area contributed by atoms with Gasteiger partial charge in [0.05, 0.1) is 19.8 Å². The lowest BCUT2D eigenvalue weighted by Crippen LogP contribution is -2.43. The van der Waals surface area contributed by atoms with Crippen molar-refractivity contribution >= 4 is 5.97 Å². The summed E-state index contributed by atoms with van der Waals surface area (Å²) in [7, 11) is 0. The van der Waals surface area contributed by atoms with E-state index in [1.54, 1.807) is 0 Å². The molecule has 1 aliphatic heterocycles. The second-order valence-electron chi connectivity index (χ2n) is 3.19. The summed E-state index contributed by atoms with van der Waals surface area (Å²) in [5, 5.41) is 8.24. The molecule has 1 fully saturated rings. The van der Waals surface area contributed by atoms with Crippen LogP contribution in [-0.4, -0.2) is 37.5 Å². The standard InChI is InChI=1S/C7H12O4/c1-7(4-11-5-7)3-10-2-6(8)9/h2-5H2,1H3,(H,8,9). The van der Waals surface area contributed by atoms with Crippen LogP contribution >= 0.6 is 0 Å². The van der Waals surface area contributed by atoms with Crippen molar-refractivity contribution in [2.45, 2.75) is 6.92 Å². The molecule has 0 spiro atoms. The Morgan fingerprint density at radius 1 is 1.73 bits per heavy atom. The van der Waals surface area contributed by atoms with E-state index in [0.717, 1.165) is 0 Å². The van der Waals surface area contributed by atoms with Gasteiger partial charge in [0.1, 0.15) is 6.61 Å². The zero-order chi connectivity index (χ0) is 8.32. The number of hydrogen-bond acceptors (Lipinski definition) is 3. The number of hydrogen-bond donors (Lipinski definition) is 1. The molecule has 0 bridgehead atoms. The Morgan fingerprint density at radius 2 is 2.36 bits per heavy atom. The molecular formula is C7H12O4. The van der Waals surface area contributed by atoms with Crippen molar-refractivity contribution < 1.29 is 19.4 Å². The van der Waals surface area contributed by atoms with E-state index in [2.05, 4.69) is 0 Å². The summed E-state index contributed by atoms with van der Waals surface area (Å²) in [4.78, 5) is 10.0. The third-order valence-corrected chi connectivity index (χ3v) is 1.58. The van der Waals surface area contributed by atoms with E-state index in [4.69, 9.17) is 14.6 Å². The normalized spacial score (nSPS) is 20.8. The molecule has 0 saturated carbocycles. The zero-order valence-electron chi connectivity index (χ0n) is 6.50. The van der Waals surface area contributed by atoms with Crippen LogP contribution < -0.4 is 0 Å². The van der Waals surface area contributed by atoms with Gasteiger partial charge in [-0.3, -0.25) is 0 Å². The van der Waals surface area contributed by atoms with Gasteiger partial charge >= 0.3 is 5.97 Å². The third-order valence-electron chi connectivity index (χ3n) is 1.58. The van der Waals surface area contributed by atoms with Crippen molar-refractivity contribution in [3.63, 3.8) is 0 Å². The van der Waals surface area contributed by atoms with E-state index in [1.807, 2.05) is 6.92 Å². The molecule has 1 saturated heterocycles. The van der Waals surface area contributed by atoms with E-state index < -0.39 is 5.97 Å². The second kappa shape index (κ2) is 3.19. The van der Waals surface area contributed by atoms with Gasteiger partial charge in [0.15, 0.2) is 0 Å². The van der Waals surface area contributed by atoms with Crippen molar-refractivity contribution in [2.75, 3.05) is 26.4 Å². The number of ether oxygens (including phenoxy) is 2. The molecule has 0 radical (unpaired) electrons. The maximum Gasteiger partial charge on any atom is 0.329 e. The van der Waals surface area contributed by atoms with E-state index in [0.29, 0.717) is 19.8 Å². The van der Waals surface area contributed by atoms with Gasteiger partial charge in [-0.15, -0.1) is 0 Å². The maximum absolute atomic E-state index is 10.0. The van der Waals surface area contributed by atoms with Gasteiger partial charge in [-0.1, -0.05) is 6.92 Å². The maximum atomic E-state index is 10.0. The highest BCUT2D eigenvalue weighted by Gasteiger charge is 2.33. The highest BCUT2D eigenvalue weighted by atomic mass is 16.5. The van der Waals surface area contributed by atoms with Crippen LogP contribution in [-0.2, 0) is 14.3 Å². The molecule has 4 nitrogen and oxygen atoms in total. The summed E-state index contributed by atoms with van der Waals surface area (Å²) in [5.74, 6) is -0.922. The molecule has 0 amide bonds. The molecule has 0 atom stereocenters. The summed E-state index contributed by atoms with van der Waals surface area (Å²) in [5.41, 5.74) is 0.0510. The van der Waals surface area contributed by atoms with E-state index in [-0.39, 0.29) is 12.0 Å². The van der Waals surface area contributed by atoms with E-state index in [9.17, 15) is 4.79 Å². The third kappa shape index (κ3) is 2.48. The number of carboxylic acid groups (broad SMARTS) is 1. The van der Waals surface area contributed by atoms with Crippen LogP contribution in [0.3, 0.4) is 0 Å². The van der Waals surface area contributed by atoms with Gasteiger partial charge in [-0.2, -0.15) is 0 Å². The summed E-state index contributed by atoms with van der Waals surface area (Å²) in [6, 6.07) is 0. The Labute approximate surface area is 65.1 Å². The van der Waals surface area contributed by atoms with Gasteiger partial charge in [-0.05, 0) is 0 Å². The molecule has 4 heteroatoms. The molecule has 1 rings (SSSR count). The van der Waals surface area contributed by atoms with Gasteiger partial charge in [0.25, 0.3) is 0 Å². The minimum absolute atomic E-state index is 0.0510. The van der Waals surface area contributed by atoms with Crippen LogP contribution in [0.1, 0.15) is 6.92 Å². The average Bonchev–Trinajstić information content (AvgIpc) is 1.83. The lowest BCUT2D eigenvalue weighted by Gasteiger charge is -2.37. The van der Waals surface area contributed by atoms with Crippen molar-refractivity contribution in [3.05, 3.63) is 0 Å². The van der Waals surface area contributed by atoms with Crippen LogP contribution in [0.5, 0.6) is 0 Å². The highest BCUT2D eigenvalue weighted by molar-refractivity contribution is 5.67. The fourth-order valence-electron chi connectivity index (χ4n) is 0.919. The molecule has 1 aliphatic rings. The molecule has 0 aromatic rings. The first-order valence-electron chi connectivity index (χ1n) is 3.50. The first kappa shape index (κ1) is 8.49. The number of rotatable bonds is 4. The monoisotopic (exact) mass is 160 g/mol. The fourth-order valence-corrected chi connectivity index (χ4v) is 0.919. The lowest BCUT2D eigenvalue weighted by atomic mass is 9.90. The largest absolute Gasteiger partial charge is 0.480 e. The Bertz CT molecular complexity index is 151. The zero-order valence-corrected chi connectivity index (χ0v) is 6.50. The van der Waals surface area contributed by atoms with E-state index >= 15 is 0 Å². The number of aliphatic carboxylic acids is 1. The summed E-state index contributed by atoms with van der Waals surface area (Å²) in [6.45, 7) is 3.62. The SMILES string of the molecule is CC1(COCC(=O)O)COC1. The summed E-state index contributed by atoms with van der Waals surface area (Å²) in [6.07, 6.45) is 0. The van der Waals surface area contributed by atoms with Crippen molar-refractivity contribution in [1.82, 2.24) is 0 Å².